The Kier molecular flexibility index (Phi) is 5.08. The SMILES string of the molecule is CCCC1CCC(C2=CC=C(c3ccccc3)C(F)(F)C2(F)F)CC1. The van der Waals surface area contributed by atoms with Gasteiger partial charge >= 0.3 is 11.8 Å². The fourth-order valence-electron chi connectivity index (χ4n) is 4.19. The van der Waals surface area contributed by atoms with Crippen LogP contribution in [0.15, 0.2) is 48.1 Å². The number of allylic oxidation sites excluding steroid dienone is 4. The Morgan fingerprint density at radius 2 is 1.52 bits per heavy atom. The molecular formula is C21H24F4. The zero-order chi connectivity index (χ0) is 18.1. The average Bonchev–Trinajstić information content (AvgIpc) is 2.59. The maximum absolute atomic E-state index is 14.8. The van der Waals surface area contributed by atoms with Gasteiger partial charge in [0.15, 0.2) is 0 Å². The first-order valence-electron chi connectivity index (χ1n) is 9.11. The lowest BCUT2D eigenvalue weighted by atomic mass is 9.72. The first-order valence-corrected chi connectivity index (χ1v) is 9.11. The van der Waals surface area contributed by atoms with Crippen LogP contribution in [0.3, 0.4) is 0 Å². The van der Waals surface area contributed by atoms with Crippen molar-refractivity contribution in [3.05, 3.63) is 53.6 Å². The summed E-state index contributed by atoms with van der Waals surface area (Å²) < 4.78 is 58.9. The minimum absolute atomic E-state index is 0.147. The highest BCUT2D eigenvalue weighted by Crippen LogP contribution is 2.54. The summed E-state index contributed by atoms with van der Waals surface area (Å²) >= 11 is 0. The molecule has 25 heavy (non-hydrogen) atoms. The van der Waals surface area contributed by atoms with Crippen molar-refractivity contribution in [1.82, 2.24) is 0 Å². The van der Waals surface area contributed by atoms with E-state index >= 15 is 0 Å². The fraction of sp³-hybridized carbons (Fsp3) is 0.524. The molecule has 0 amide bonds. The summed E-state index contributed by atoms with van der Waals surface area (Å²) in [4.78, 5) is 0. The van der Waals surface area contributed by atoms with E-state index in [2.05, 4.69) is 6.92 Å². The van der Waals surface area contributed by atoms with Crippen LogP contribution in [0.2, 0.25) is 0 Å². The number of alkyl halides is 4. The first kappa shape index (κ1) is 18.2. The van der Waals surface area contributed by atoms with Crippen LogP contribution in [0.4, 0.5) is 17.6 Å². The second kappa shape index (κ2) is 6.97. The van der Waals surface area contributed by atoms with Crippen molar-refractivity contribution in [2.75, 3.05) is 0 Å². The predicted molar refractivity (Wildman–Crippen MR) is 92.8 cm³/mol. The third kappa shape index (κ3) is 3.28. The molecule has 1 saturated carbocycles. The van der Waals surface area contributed by atoms with E-state index in [0.717, 1.165) is 25.7 Å². The Morgan fingerprint density at radius 1 is 0.880 bits per heavy atom. The fourth-order valence-corrected chi connectivity index (χ4v) is 4.19. The van der Waals surface area contributed by atoms with Crippen molar-refractivity contribution in [2.45, 2.75) is 57.3 Å². The molecule has 2 aliphatic carbocycles. The number of halogens is 4. The standard InChI is InChI=1S/C21H24F4/c1-2-6-15-9-11-17(12-10-15)19-14-13-18(16-7-4-3-5-8-16)20(22,23)21(19,24)25/h3-5,7-8,13-15,17H,2,6,9-12H2,1H3. The molecule has 0 radical (unpaired) electrons. The highest BCUT2D eigenvalue weighted by molar-refractivity contribution is 5.76. The van der Waals surface area contributed by atoms with E-state index in [1.165, 1.54) is 24.3 Å². The molecule has 0 N–H and O–H groups in total. The maximum atomic E-state index is 14.8. The van der Waals surface area contributed by atoms with Gasteiger partial charge in [0, 0.05) is 11.1 Å². The Bertz CT molecular complexity index is 650. The second-order valence-corrected chi connectivity index (χ2v) is 7.22. The van der Waals surface area contributed by atoms with Crippen molar-refractivity contribution in [2.24, 2.45) is 11.8 Å². The van der Waals surface area contributed by atoms with Crippen LogP contribution in [0.5, 0.6) is 0 Å². The molecule has 0 aromatic heterocycles. The minimum Gasteiger partial charge on any atom is -0.194 e. The lowest BCUT2D eigenvalue weighted by Crippen LogP contribution is -2.46. The minimum atomic E-state index is -4.18. The van der Waals surface area contributed by atoms with Crippen LogP contribution in [-0.2, 0) is 0 Å². The summed E-state index contributed by atoms with van der Waals surface area (Å²) in [5.41, 5.74) is -0.831. The number of benzene rings is 1. The second-order valence-electron chi connectivity index (χ2n) is 7.22. The molecule has 2 aliphatic rings. The quantitative estimate of drug-likeness (QED) is 0.518. The molecule has 0 spiro atoms. The Balaban J connectivity index is 1.88. The molecule has 3 rings (SSSR count). The van der Waals surface area contributed by atoms with Gasteiger partial charge in [0.1, 0.15) is 0 Å². The Hall–Kier alpha value is -1.58. The van der Waals surface area contributed by atoms with Crippen LogP contribution >= 0.6 is 0 Å². The molecule has 1 fully saturated rings. The van der Waals surface area contributed by atoms with Gasteiger partial charge in [-0.2, -0.15) is 17.6 Å². The van der Waals surface area contributed by atoms with E-state index in [1.54, 1.807) is 18.2 Å². The average molecular weight is 352 g/mol. The Morgan fingerprint density at radius 3 is 2.12 bits per heavy atom. The monoisotopic (exact) mass is 352 g/mol. The molecule has 1 aromatic rings. The van der Waals surface area contributed by atoms with Gasteiger partial charge in [-0.25, -0.2) is 0 Å². The van der Waals surface area contributed by atoms with Gasteiger partial charge in [-0.1, -0.05) is 62.2 Å². The van der Waals surface area contributed by atoms with Crippen LogP contribution in [0.1, 0.15) is 51.0 Å². The van der Waals surface area contributed by atoms with Crippen molar-refractivity contribution < 1.29 is 17.6 Å². The number of rotatable bonds is 4. The van der Waals surface area contributed by atoms with Crippen molar-refractivity contribution in [3.8, 4) is 0 Å². The lowest BCUT2D eigenvalue weighted by Gasteiger charge is -2.38. The van der Waals surface area contributed by atoms with E-state index in [1.807, 2.05) is 0 Å². The van der Waals surface area contributed by atoms with Gasteiger partial charge in [-0.15, -0.1) is 0 Å². The molecule has 0 atom stereocenters. The van der Waals surface area contributed by atoms with Gasteiger partial charge in [-0.3, -0.25) is 0 Å². The molecular weight excluding hydrogens is 328 g/mol. The lowest BCUT2D eigenvalue weighted by molar-refractivity contribution is -0.154. The molecule has 4 heteroatoms. The van der Waals surface area contributed by atoms with Gasteiger partial charge in [-0.05, 0) is 43.1 Å². The third-order valence-electron chi connectivity index (χ3n) is 5.59. The van der Waals surface area contributed by atoms with Gasteiger partial charge in [0.05, 0.1) is 0 Å². The first-order chi connectivity index (χ1) is 11.9. The van der Waals surface area contributed by atoms with Crippen LogP contribution in [0, 0.1) is 11.8 Å². The molecule has 136 valence electrons. The number of hydrogen-bond acceptors (Lipinski definition) is 0. The summed E-state index contributed by atoms with van der Waals surface area (Å²) in [5, 5.41) is 0. The van der Waals surface area contributed by atoms with Crippen molar-refractivity contribution in [3.63, 3.8) is 0 Å². The molecule has 0 unspecified atom stereocenters. The van der Waals surface area contributed by atoms with E-state index in [4.69, 9.17) is 0 Å². The zero-order valence-corrected chi connectivity index (χ0v) is 14.5. The highest BCUT2D eigenvalue weighted by atomic mass is 19.3. The molecule has 0 bridgehead atoms. The normalized spacial score (nSPS) is 28.2. The Labute approximate surface area is 146 Å². The van der Waals surface area contributed by atoms with Gasteiger partial charge < -0.3 is 0 Å². The van der Waals surface area contributed by atoms with Crippen LogP contribution < -0.4 is 0 Å². The van der Waals surface area contributed by atoms with Gasteiger partial charge in [0.2, 0.25) is 0 Å². The summed E-state index contributed by atoms with van der Waals surface area (Å²) in [6.45, 7) is 2.11. The summed E-state index contributed by atoms with van der Waals surface area (Å²) in [7, 11) is 0. The van der Waals surface area contributed by atoms with Gasteiger partial charge in [0.25, 0.3) is 0 Å². The topological polar surface area (TPSA) is 0 Å². The summed E-state index contributed by atoms with van der Waals surface area (Å²) in [6, 6.07) is 7.74. The van der Waals surface area contributed by atoms with Crippen molar-refractivity contribution >= 4 is 5.57 Å². The predicted octanol–water partition coefficient (Wildman–Crippen LogP) is 6.89. The van der Waals surface area contributed by atoms with Crippen LogP contribution in [-0.4, -0.2) is 11.8 Å². The molecule has 0 saturated heterocycles. The highest BCUT2D eigenvalue weighted by Gasteiger charge is 2.63. The van der Waals surface area contributed by atoms with E-state index < -0.39 is 23.3 Å². The van der Waals surface area contributed by atoms with E-state index in [-0.39, 0.29) is 11.1 Å². The van der Waals surface area contributed by atoms with E-state index in [9.17, 15) is 17.6 Å². The maximum Gasteiger partial charge on any atom is 0.339 e. The van der Waals surface area contributed by atoms with E-state index in [0.29, 0.717) is 18.8 Å². The molecule has 1 aromatic carbocycles. The van der Waals surface area contributed by atoms with Crippen molar-refractivity contribution in [1.29, 1.82) is 0 Å². The number of hydrogen-bond donors (Lipinski definition) is 0. The largest absolute Gasteiger partial charge is 0.339 e. The molecule has 0 nitrogen and oxygen atoms in total. The van der Waals surface area contributed by atoms with Crippen LogP contribution in [0.25, 0.3) is 5.57 Å². The molecule has 0 heterocycles. The summed E-state index contributed by atoms with van der Waals surface area (Å²) in [5.74, 6) is -8.20. The molecule has 0 aliphatic heterocycles. The summed E-state index contributed by atoms with van der Waals surface area (Å²) in [6.07, 6.45) is 7.49. The third-order valence-corrected chi connectivity index (χ3v) is 5.59. The smallest absolute Gasteiger partial charge is 0.194 e. The zero-order valence-electron chi connectivity index (χ0n) is 14.5.